The first-order chi connectivity index (χ1) is 9.20. The topological polar surface area (TPSA) is 73.6 Å². The zero-order valence-corrected chi connectivity index (χ0v) is 10.9. The molecule has 19 heavy (non-hydrogen) atoms. The minimum absolute atomic E-state index is 0.0254. The van der Waals surface area contributed by atoms with Gasteiger partial charge in [-0.25, -0.2) is 0 Å². The number of ether oxygens (including phenoxy) is 2. The first kappa shape index (κ1) is 13.8. The summed E-state index contributed by atoms with van der Waals surface area (Å²) >= 11 is 0. The van der Waals surface area contributed by atoms with Crippen molar-refractivity contribution >= 4 is 5.69 Å². The van der Waals surface area contributed by atoms with Crippen molar-refractivity contribution < 1.29 is 14.4 Å². The monoisotopic (exact) mass is 266 g/mol. The molecule has 6 heteroatoms. The molecule has 0 bridgehead atoms. The van der Waals surface area contributed by atoms with Crippen LogP contribution >= 0.6 is 0 Å². The van der Waals surface area contributed by atoms with E-state index in [-0.39, 0.29) is 11.4 Å². The highest BCUT2D eigenvalue weighted by Crippen LogP contribution is 2.27. The molecule has 1 atom stereocenters. The minimum atomic E-state index is -0.444. The van der Waals surface area contributed by atoms with Gasteiger partial charge in [-0.05, 0) is 31.0 Å². The molecular formula is C13H18N2O4. The average molecular weight is 266 g/mol. The fourth-order valence-corrected chi connectivity index (χ4v) is 2.19. The van der Waals surface area contributed by atoms with Crippen molar-refractivity contribution in [3.8, 4) is 5.75 Å². The van der Waals surface area contributed by atoms with Crippen LogP contribution in [0.25, 0.3) is 0 Å². The molecule has 0 spiro atoms. The highest BCUT2D eigenvalue weighted by atomic mass is 16.6. The Morgan fingerprint density at radius 2 is 2.37 bits per heavy atom. The van der Waals surface area contributed by atoms with E-state index < -0.39 is 4.92 Å². The Labute approximate surface area is 111 Å². The van der Waals surface area contributed by atoms with E-state index in [4.69, 9.17) is 9.47 Å². The van der Waals surface area contributed by atoms with Gasteiger partial charge in [0, 0.05) is 12.1 Å². The predicted molar refractivity (Wildman–Crippen MR) is 70.3 cm³/mol. The molecule has 0 saturated carbocycles. The standard InChI is InChI=1S/C13H18N2O4/c1-18-13-5-4-10(7-12(13)15(16)17)8-19-9-11-3-2-6-14-11/h4-5,7,11,14H,2-3,6,8-9H2,1H3. The summed E-state index contributed by atoms with van der Waals surface area (Å²) in [4.78, 5) is 10.4. The van der Waals surface area contributed by atoms with Gasteiger partial charge in [-0.2, -0.15) is 0 Å². The summed E-state index contributed by atoms with van der Waals surface area (Å²) in [6.07, 6.45) is 2.31. The Balaban J connectivity index is 1.92. The van der Waals surface area contributed by atoms with Crippen LogP contribution in [0.15, 0.2) is 18.2 Å². The molecule has 1 aliphatic rings. The number of nitro groups is 1. The summed E-state index contributed by atoms with van der Waals surface area (Å²) in [6.45, 7) is 2.06. The van der Waals surface area contributed by atoms with E-state index in [0.29, 0.717) is 19.3 Å². The van der Waals surface area contributed by atoms with Crippen molar-refractivity contribution in [2.75, 3.05) is 20.3 Å². The molecule has 1 aliphatic heterocycles. The summed E-state index contributed by atoms with van der Waals surface area (Å²) in [5.74, 6) is 0.270. The summed E-state index contributed by atoms with van der Waals surface area (Å²) in [7, 11) is 1.42. The normalized spacial score (nSPS) is 18.5. The quantitative estimate of drug-likeness (QED) is 0.628. The van der Waals surface area contributed by atoms with Crippen molar-refractivity contribution in [1.29, 1.82) is 0 Å². The Bertz CT molecular complexity index is 444. The maximum absolute atomic E-state index is 10.9. The number of benzene rings is 1. The van der Waals surface area contributed by atoms with Crippen molar-refractivity contribution in [2.24, 2.45) is 0 Å². The number of methoxy groups -OCH3 is 1. The van der Waals surface area contributed by atoms with Gasteiger partial charge < -0.3 is 14.8 Å². The van der Waals surface area contributed by atoms with E-state index >= 15 is 0 Å². The van der Waals surface area contributed by atoms with Gasteiger partial charge in [0.05, 0.1) is 25.2 Å². The second kappa shape index (κ2) is 6.49. The number of nitrogens with one attached hydrogen (secondary N) is 1. The second-order valence-corrected chi connectivity index (χ2v) is 4.57. The Morgan fingerprint density at radius 3 is 3.00 bits per heavy atom. The first-order valence-electron chi connectivity index (χ1n) is 6.33. The van der Waals surface area contributed by atoms with Crippen molar-refractivity contribution in [1.82, 2.24) is 5.32 Å². The Hall–Kier alpha value is -1.66. The lowest BCUT2D eigenvalue weighted by Crippen LogP contribution is -2.26. The lowest BCUT2D eigenvalue weighted by atomic mass is 10.2. The summed E-state index contributed by atoms with van der Waals surface area (Å²) in [5, 5.41) is 14.2. The van der Waals surface area contributed by atoms with Crippen LogP contribution in [0.3, 0.4) is 0 Å². The fraction of sp³-hybridized carbons (Fsp3) is 0.538. The number of nitro benzene ring substituents is 1. The highest BCUT2D eigenvalue weighted by molar-refractivity contribution is 5.48. The van der Waals surface area contributed by atoms with Gasteiger partial charge >= 0.3 is 5.69 Å². The van der Waals surface area contributed by atoms with Crippen molar-refractivity contribution in [2.45, 2.75) is 25.5 Å². The molecular weight excluding hydrogens is 248 g/mol. The third kappa shape index (κ3) is 3.65. The van der Waals surface area contributed by atoms with Gasteiger partial charge in [-0.3, -0.25) is 10.1 Å². The molecule has 1 fully saturated rings. The third-order valence-corrected chi connectivity index (χ3v) is 3.19. The SMILES string of the molecule is COc1ccc(COCC2CCCN2)cc1[N+](=O)[O-]. The molecule has 1 aromatic carbocycles. The molecule has 0 amide bonds. The largest absolute Gasteiger partial charge is 0.490 e. The number of rotatable bonds is 6. The predicted octanol–water partition coefficient (Wildman–Crippen LogP) is 1.87. The van der Waals surface area contributed by atoms with Crippen LogP contribution in [0, 0.1) is 10.1 Å². The second-order valence-electron chi connectivity index (χ2n) is 4.57. The van der Waals surface area contributed by atoms with E-state index in [2.05, 4.69) is 5.32 Å². The maximum Gasteiger partial charge on any atom is 0.311 e. The van der Waals surface area contributed by atoms with Gasteiger partial charge in [-0.15, -0.1) is 0 Å². The van der Waals surface area contributed by atoms with Crippen LogP contribution in [0.4, 0.5) is 5.69 Å². The minimum Gasteiger partial charge on any atom is -0.490 e. The fourth-order valence-electron chi connectivity index (χ4n) is 2.19. The molecule has 1 unspecified atom stereocenters. The molecule has 1 heterocycles. The average Bonchev–Trinajstić information content (AvgIpc) is 2.91. The smallest absolute Gasteiger partial charge is 0.311 e. The zero-order valence-electron chi connectivity index (χ0n) is 10.9. The molecule has 6 nitrogen and oxygen atoms in total. The zero-order chi connectivity index (χ0) is 13.7. The Kier molecular flexibility index (Phi) is 4.70. The molecule has 2 rings (SSSR count). The van der Waals surface area contributed by atoms with Gasteiger partial charge in [0.15, 0.2) is 5.75 Å². The number of hydrogen-bond acceptors (Lipinski definition) is 5. The van der Waals surface area contributed by atoms with Crippen LogP contribution in [0.1, 0.15) is 18.4 Å². The maximum atomic E-state index is 10.9. The lowest BCUT2D eigenvalue weighted by molar-refractivity contribution is -0.385. The van der Waals surface area contributed by atoms with E-state index in [1.807, 2.05) is 0 Å². The highest BCUT2D eigenvalue weighted by Gasteiger charge is 2.16. The van der Waals surface area contributed by atoms with E-state index in [1.54, 1.807) is 12.1 Å². The van der Waals surface area contributed by atoms with Gasteiger partial charge in [0.1, 0.15) is 0 Å². The van der Waals surface area contributed by atoms with Crippen LogP contribution in [0.2, 0.25) is 0 Å². The molecule has 0 aromatic heterocycles. The number of hydrogen-bond donors (Lipinski definition) is 1. The van der Waals surface area contributed by atoms with Crippen LogP contribution in [0.5, 0.6) is 5.75 Å². The van der Waals surface area contributed by atoms with E-state index in [1.165, 1.54) is 19.6 Å². The van der Waals surface area contributed by atoms with Gasteiger partial charge in [0.2, 0.25) is 0 Å². The third-order valence-electron chi connectivity index (χ3n) is 3.19. The van der Waals surface area contributed by atoms with E-state index in [9.17, 15) is 10.1 Å². The summed E-state index contributed by atoms with van der Waals surface area (Å²) < 4.78 is 10.5. The molecule has 1 saturated heterocycles. The number of nitrogens with zero attached hydrogens (tertiary/aromatic N) is 1. The first-order valence-corrected chi connectivity index (χ1v) is 6.33. The van der Waals surface area contributed by atoms with Crippen LogP contribution in [-0.4, -0.2) is 31.2 Å². The van der Waals surface area contributed by atoms with E-state index in [0.717, 1.165) is 18.5 Å². The Morgan fingerprint density at radius 1 is 1.53 bits per heavy atom. The summed E-state index contributed by atoms with van der Waals surface area (Å²) in [6, 6.07) is 5.30. The molecule has 0 radical (unpaired) electrons. The molecule has 0 aliphatic carbocycles. The van der Waals surface area contributed by atoms with Gasteiger partial charge in [0.25, 0.3) is 0 Å². The van der Waals surface area contributed by atoms with Crippen molar-refractivity contribution in [3.05, 3.63) is 33.9 Å². The molecule has 104 valence electrons. The molecule has 1 aromatic rings. The van der Waals surface area contributed by atoms with Gasteiger partial charge in [-0.1, -0.05) is 6.07 Å². The van der Waals surface area contributed by atoms with Crippen molar-refractivity contribution in [3.63, 3.8) is 0 Å². The van der Waals surface area contributed by atoms with Crippen LogP contribution in [-0.2, 0) is 11.3 Å². The molecule has 1 N–H and O–H groups in total. The lowest BCUT2D eigenvalue weighted by Gasteiger charge is -2.11. The van der Waals surface area contributed by atoms with Crippen LogP contribution < -0.4 is 10.1 Å². The summed E-state index contributed by atoms with van der Waals surface area (Å²) in [5.41, 5.74) is 0.757.